The van der Waals surface area contributed by atoms with Gasteiger partial charge in [-0.15, -0.1) is 0 Å². The molecule has 0 spiro atoms. The summed E-state index contributed by atoms with van der Waals surface area (Å²) >= 11 is 0. The molecule has 0 radical (unpaired) electrons. The van der Waals surface area contributed by atoms with Gasteiger partial charge in [0, 0.05) is 0 Å². The zero-order valence-corrected chi connectivity index (χ0v) is 7.66. The van der Waals surface area contributed by atoms with E-state index in [4.69, 9.17) is 14.7 Å². The molecular formula is C8H9N3O2. The fourth-order valence-electron chi connectivity index (χ4n) is 0.924. The van der Waals surface area contributed by atoms with Gasteiger partial charge >= 0.3 is 0 Å². The molecule has 0 aliphatic rings. The van der Waals surface area contributed by atoms with Gasteiger partial charge in [0.25, 0.3) is 0 Å². The lowest BCUT2D eigenvalue weighted by Gasteiger charge is -2.06. The molecule has 1 aromatic heterocycles. The summed E-state index contributed by atoms with van der Waals surface area (Å²) in [7, 11) is 2.96. The second-order valence-corrected chi connectivity index (χ2v) is 2.30. The van der Waals surface area contributed by atoms with E-state index in [0.717, 1.165) is 0 Å². The first kappa shape index (κ1) is 9.26. The Labute approximate surface area is 76.0 Å². The molecule has 0 amide bonds. The Morgan fingerprint density at radius 2 is 1.62 bits per heavy atom. The van der Waals surface area contributed by atoms with Crippen molar-refractivity contribution < 1.29 is 9.47 Å². The van der Waals surface area contributed by atoms with Crippen LogP contribution in [-0.2, 0) is 0 Å². The molecule has 0 unspecified atom stereocenters. The number of aromatic nitrogens is 2. The summed E-state index contributed by atoms with van der Waals surface area (Å²) in [5.41, 5.74) is 0.684. The molecule has 0 aliphatic carbocycles. The lowest BCUT2D eigenvalue weighted by molar-refractivity contribution is 0.365. The van der Waals surface area contributed by atoms with Crippen molar-refractivity contribution >= 4 is 0 Å². The molecule has 5 heteroatoms. The second kappa shape index (κ2) is 3.72. The van der Waals surface area contributed by atoms with E-state index < -0.39 is 0 Å². The third kappa shape index (κ3) is 1.67. The maximum Gasteiger partial charge on any atom is 0.238 e. The second-order valence-electron chi connectivity index (χ2n) is 2.30. The van der Waals surface area contributed by atoms with Crippen LogP contribution in [0, 0.1) is 18.3 Å². The summed E-state index contributed by atoms with van der Waals surface area (Å²) in [5.74, 6) is 0.770. The van der Waals surface area contributed by atoms with Crippen molar-refractivity contribution in [2.45, 2.75) is 6.92 Å². The SMILES string of the molecule is COc1nc(C#N)nc(OC)c1C. The highest BCUT2D eigenvalue weighted by atomic mass is 16.5. The Kier molecular flexibility index (Phi) is 2.65. The monoisotopic (exact) mass is 179 g/mol. The van der Waals surface area contributed by atoms with E-state index in [9.17, 15) is 0 Å². The lowest BCUT2D eigenvalue weighted by atomic mass is 10.3. The average Bonchev–Trinajstić information content (AvgIpc) is 2.18. The molecule has 13 heavy (non-hydrogen) atoms. The van der Waals surface area contributed by atoms with Gasteiger partial charge in [-0.25, -0.2) is 0 Å². The average molecular weight is 179 g/mol. The third-order valence-corrected chi connectivity index (χ3v) is 1.54. The van der Waals surface area contributed by atoms with E-state index in [-0.39, 0.29) is 5.82 Å². The van der Waals surface area contributed by atoms with Crippen LogP contribution in [0.1, 0.15) is 11.4 Å². The van der Waals surface area contributed by atoms with Crippen molar-refractivity contribution in [3.05, 3.63) is 11.4 Å². The van der Waals surface area contributed by atoms with Gasteiger partial charge in [0.05, 0.1) is 19.8 Å². The largest absolute Gasteiger partial charge is 0.481 e. The van der Waals surface area contributed by atoms with Gasteiger partial charge in [0.15, 0.2) is 0 Å². The van der Waals surface area contributed by atoms with Crippen LogP contribution in [0.15, 0.2) is 0 Å². The minimum Gasteiger partial charge on any atom is -0.481 e. The van der Waals surface area contributed by atoms with E-state index in [1.165, 1.54) is 14.2 Å². The zero-order valence-electron chi connectivity index (χ0n) is 7.66. The van der Waals surface area contributed by atoms with Crippen LogP contribution in [0.2, 0.25) is 0 Å². The summed E-state index contributed by atoms with van der Waals surface area (Å²) in [6, 6.07) is 1.82. The highest BCUT2D eigenvalue weighted by Gasteiger charge is 2.10. The van der Waals surface area contributed by atoms with Gasteiger partial charge < -0.3 is 9.47 Å². The first-order valence-corrected chi connectivity index (χ1v) is 3.59. The third-order valence-electron chi connectivity index (χ3n) is 1.54. The summed E-state index contributed by atoms with van der Waals surface area (Å²) in [5, 5.41) is 8.58. The van der Waals surface area contributed by atoms with Gasteiger partial charge in [-0.2, -0.15) is 15.2 Å². The molecule has 1 heterocycles. The molecule has 5 nitrogen and oxygen atoms in total. The molecule has 0 N–H and O–H groups in total. The van der Waals surface area contributed by atoms with Crippen molar-refractivity contribution in [3.8, 4) is 17.8 Å². The summed E-state index contributed by atoms with van der Waals surface area (Å²) in [4.78, 5) is 7.69. The topological polar surface area (TPSA) is 68.0 Å². The molecule has 0 atom stereocenters. The van der Waals surface area contributed by atoms with Crippen LogP contribution in [0.3, 0.4) is 0 Å². The predicted molar refractivity (Wildman–Crippen MR) is 44.6 cm³/mol. The van der Waals surface area contributed by atoms with E-state index in [1.807, 2.05) is 6.07 Å². The van der Waals surface area contributed by atoms with Gasteiger partial charge in [-0.1, -0.05) is 0 Å². The maximum atomic E-state index is 8.58. The van der Waals surface area contributed by atoms with Crippen LogP contribution in [-0.4, -0.2) is 24.2 Å². The summed E-state index contributed by atoms with van der Waals surface area (Å²) < 4.78 is 9.90. The van der Waals surface area contributed by atoms with Crippen LogP contribution in [0.25, 0.3) is 0 Å². The Morgan fingerprint density at radius 1 is 1.15 bits per heavy atom. The Morgan fingerprint density at radius 3 is 1.92 bits per heavy atom. The van der Waals surface area contributed by atoms with Gasteiger partial charge in [0.1, 0.15) is 6.07 Å². The van der Waals surface area contributed by atoms with Gasteiger partial charge in [-0.3, -0.25) is 0 Å². The number of nitrogens with zero attached hydrogens (tertiary/aromatic N) is 3. The van der Waals surface area contributed by atoms with Crippen molar-refractivity contribution in [3.63, 3.8) is 0 Å². The van der Waals surface area contributed by atoms with Crippen molar-refractivity contribution in [2.24, 2.45) is 0 Å². The normalized spacial score (nSPS) is 9.08. The number of methoxy groups -OCH3 is 2. The number of ether oxygens (including phenoxy) is 2. The number of hydrogen-bond donors (Lipinski definition) is 0. The summed E-state index contributed by atoms with van der Waals surface area (Å²) in [6.45, 7) is 1.76. The van der Waals surface area contributed by atoms with Crippen molar-refractivity contribution in [1.82, 2.24) is 9.97 Å². The quantitative estimate of drug-likeness (QED) is 0.667. The fourth-order valence-corrected chi connectivity index (χ4v) is 0.924. The molecule has 68 valence electrons. The highest BCUT2D eigenvalue weighted by Crippen LogP contribution is 2.22. The molecule has 0 bridgehead atoms. The number of rotatable bonds is 2. The molecule has 0 saturated carbocycles. The lowest BCUT2D eigenvalue weighted by Crippen LogP contribution is -2.01. The standard InChI is InChI=1S/C8H9N3O2/c1-5-7(12-2)10-6(4-9)11-8(5)13-3/h1-3H3. The van der Waals surface area contributed by atoms with Crippen LogP contribution in [0.5, 0.6) is 11.8 Å². The number of hydrogen-bond acceptors (Lipinski definition) is 5. The Bertz CT molecular complexity index is 332. The van der Waals surface area contributed by atoms with Crippen molar-refractivity contribution in [2.75, 3.05) is 14.2 Å². The highest BCUT2D eigenvalue weighted by molar-refractivity contribution is 5.36. The maximum absolute atomic E-state index is 8.58. The molecule has 0 saturated heterocycles. The molecule has 0 aliphatic heterocycles. The molecule has 0 fully saturated rings. The fraction of sp³-hybridized carbons (Fsp3) is 0.375. The molecule has 0 aromatic carbocycles. The Balaban J connectivity index is 3.30. The van der Waals surface area contributed by atoms with E-state index in [0.29, 0.717) is 17.3 Å². The van der Waals surface area contributed by atoms with Crippen LogP contribution >= 0.6 is 0 Å². The van der Waals surface area contributed by atoms with Gasteiger partial charge in [-0.05, 0) is 6.92 Å². The van der Waals surface area contributed by atoms with E-state index in [1.54, 1.807) is 6.92 Å². The van der Waals surface area contributed by atoms with Crippen molar-refractivity contribution in [1.29, 1.82) is 5.26 Å². The summed E-state index contributed by atoms with van der Waals surface area (Å²) in [6.07, 6.45) is 0. The predicted octanol–water partition coefficient (Wildman–Crippen LogP) is 0.674. The minimum absolute atomic E-state index is 0.0410. The molecule has 1 aromatic rings. The molecular weight excluding hydrogens is 170 g/mol. The molecule has 1 rings (SSSR count). The first-order chi connectivity index (χ1) is 6.22. The number of nitriles is 1. The van der Waals surface area contributed by atoms with Crippen LogP contribution in [0.4, 0.5) is 0 Å². The van der Waals surface area contributed by atoms with E-state index in [2.05, 4.69) is 9.97 Å². The smallest absolute Gasteiger partial charge is 0.238 e. The minimum atomic E-state index is 0.0410. The zero-order chi connectivity index (χ0) is 9.84. The van der Waals surface area contributed by atoms with Crippen LogP contribution < -0.4 is 9.47 Å². The van der Waals surface area contributed by atoms with E-state index >= 15 is 0 Å². The first-order valence-electron chi connectivity index (χ1n) is 3.59. The van der Waals surface area contributed by atoms with Gasteiger partial charge in [0.2, 0.25) is 17.6 Å². The Hall–Kier alpha value is -1.83.